The van der Waals surface area contributed by atoms with Gasteiger partial charge in [-0.1, -0.05) is 23.7 Å². The van der Waals surface area contributed by atoms with E-state index >= 15 is 0 Å². The van der Waals surface area contributed by atoms with Crippen LogP contribution < -0.4 is 10.7 Å². The quantitative estimate of drug-likeness (QED) is 0.779. The highest BCUT2D eigenvalue weighted by molar-refractivity contribution is 6.30. The molecule has 3 rings (SSSR count). The number of benzene rings is 2. The van der Waals surface area contributed by atoms with Crippen molar-refractivity contribution < 1.29 is 9.18 Å². The predicted molar refractivity (Wildman–Crippen MR) is 94.4 cm³/mol. The zero-order chi connectivity index (χ0) is 18.0. The number of nitrogens with zero attached hydrogens (tertiary/aromatic N) is 2. The fraction of sp³-hybridized carbons (Fsp3) is 0.167. The third kappa shape index (κ3) is 3.69. The summed E-state index contributed by atoms with van der Waals surface area (Å²) in [6.45, 7) is 0.340. The Labute approximate surface area is 148 Å². The number of aromatic nitrogens is 2. The molecule has 0 aliphatic rings. The fourth-order valence-corrected chi connectivity index (χ4v) is 2.68. The lowest BCUT2D eigenvalue weighted by Gasteiger charge is -2.09. The van der Waals surface area contributed by atoms with E-state index in [9.17, 15) is 14.0 Å². The number of nitrogens with one attached hydrogen (secondary N) is 1. The Morgan fingerprint density at radius 2 is 1.96 bits per heavy atom. The second-order valence-corrected chi connectivity index (χ2v) is 6.03. The van der Waals surface area contributed by atoms with E-state index in [1.807, 2.05) is 12.1 Å². The molecule has 0 aliphatic heterocycles. The van der Waals surface area contributed by atoms with E-state index in [1.165, 1.54) is 16.8 Å². The SMILES string of the molecule is Cn1nc(C(=O)NCCc2ccc(Cl)cc2)c(=O)c2cc(F)ccc21. The van der Waals surface area contributed by atoms with Gasteiger partial charge in [0.15, 0.2) is 5.69 Å². The highest BCUT2D eigenvalue weighted by atomic mass is 35.5. The molecule has 0 radical (unpaired) electrons. The van der Waals surface area contributed by atoms with Gasteiger partial charge in [0.2, 0.25) is 5.43 Å². The van der Waals surface area contributed by atoms with E-state index in [0.29, 0.717) is 23.5 Å². The maximum Gasteiger partial charge on any atom is 0.275 e. The van der Waals surface area contributed by atoms with Crippen LogP contribution in [0.2, 0.25) is 5.02 Å². The summed E-state index contributed by atoms with van der Waals surface area (Å²) in [4.78, 5) is 24.7. The molecule has 1 amide bonds. The Bertz CT molecular complexity index is 1000. The third-order valence-electron chi connectivity index (χ3n) is 3.84. The number of fused-ring (bicyclic) bond motifs is 1. The maximum atomic E-state index is 13.4. The summed E-state index contributed by atoms with van der Waals surface area (Å²) in [5.41, 5.74) is 0.628. The van der Waals surface area contributed by atoms with Gasteiger partial charge >= 0.3 is 0 Å². The molecule has 0 unspecified atom stereocenters. The average Bonchev–Trinajstić information content (AvgIpc) is 2.59. The van der Waals surface area contributed by atoms with Crippen LogP contribution >= 0.6 is 11.6 Å². The van der Waals surface area contributed by atoms with Crippen LogP contribution in [0.4, 0.5) is 4.39 Å². The number of carbonyl (C=O) groups excluding carboxylic acids is 1. The van der Waals surface area contributed by atoms with E-state index in [4.69, 9.17) is 11.6 Å². The summed E-state index contributed by atoms with van der Waals surface area (Å²) >= 11 is 5.83. The van der Waals surface area contributed by atoms with Crippen molar-refractivity contribution in [3.05, 3.63) is 74.8 Å². The number of amides is 1. The highest BCUT2D eigenvalue weighted by Gasteiger charge is 2.16. The van der Waals surface area contributed by atoms with Crippen molar-refractivity contribution in [1.82, 2.24) is 15.1 Å². The summed E-state index contributed by atoms with van der Waals surface area (Å²) in [7, 11) is 1.60. The Morgan fingerprint density at radius 1 is 1.24 bits per heavy atom. The van der Waals surface area contributed by atoms with Crippen LogP contribution in [0.15, 0.2) is 47.3 Å². The van der Waals surface area contributed by atoms with Gasteiger partial charge in [-0.2, -0.15) is 5.10 Å². The topological polar surface area (TPSA) is 64.0 Å². The zero-order valence-corrected chi connectivity index (χ0v) is 14.2. The van der Waals surface area contributed by atoms with Crippen LogP contribution in [0.1, 0.15) is 16.1 Å². The monoisotopic (exact) mass is 359 g/mol. The molecule has 2 aromatic carbocycles. The molecule has 1 heterocycles. The van der Waals surface area contributed by atoms with Crippen molar-refractivity contribution in [2.45, 2.75) is 6.42 Å². The lowest BCUT2D eigenvalue weighted by atomic mass is 10.1. The van der Waals surface area contributed by atoms with Crippen LogP contribution in [-0.2, 0) is 13.5 Å². The van der Waals surface area contributed by atoms with Gasteiger partial charge < -0.3 is 5.32 Å². The van der Waals surface area contributed by atoms with Gasteiger partial charge in [-0.25, -0.2) is 4.39 Å². The van der Waals surface area contributed by atoms with Gasteiger partial charge in [0, 0.05) is 18.6 Å². The van der Waals surface area contributed by atoms with Crippen molar-refractivity contribution in [1.29, 1.82) is 0 Å². The van der Waals surface area contributed by atoms with E-state index in [1.54, 1.807) is 19.2 Å². The number of aryl methyl sites for hydroxylation is 1. The predicted octanol–water partition coefficient (Wildman–Crippen LogP) is 2.70. The van der Waals surface area contributed by atoms with Gasteiger partial charge in [-0.05, 0) is 42.3 Å². The number of hydrogen-bond donors (Lipinski definition) is 1. The Hall–Kier alpha value is -2.73. The number of hydrogen-bond acceptors (Lipinski definition) is 3. The first-order valence-corrected chi connectivity index (χ1v) is 8.03. The number of carbonyl (C=O) groups is 1. The molecule has 0 spiro atoms. The first-order valence-electron chi connectivity index (χ1n) is 7.65. The largest absolute Gasteiger partial charge is 0.350 e. The van der Waals surface area contributed by atoms with Crippen LogP contribution in [0.3, 0.4) is 0 Å². The van der Waals surface area contributed by atoms with Crippen molar-refractivity contribution in [3.8, 4) is 0 Å². The standard InChI is InChI=1S/C18H15ClFN3O2/c1-23-15-7-6-13(20)10-14(15)17(24)16(22-23)18(25)21-9-8-11-2-4-12(19)5-3-11/h2-7,10H,8-9H2,1H3,(H,21,25). The van der Waals surface area contributed by atoms with Crippen molar-refractivity contribution in [2.75, 3.05) is 6.54 Å². The summed E-state index contributed by atoms with van der Waals surface area (Å²) in [5.74, 6) is -1.12. The molecule has 0 saturated carbocycles. The van der Waals surface area contributed by atoms with Crippen LogP contribution in [0.25, 0.3) is 10.9 Å². The van der Waals surface area contributed by atoms with E-state index in [2.05, 4.69) is 10.4 Å². The fourth-order valence-electron chi connectivity index (χ4n) is 2.55. The number of rotatable bonds is 4. The molecule has 0 aliphatic carbocycles. The Kier molecular flexibility index (Phi) is 4.81. The molecule has 3 aromatic rings. The van der Waals surface area contributed by atoms with Crippen LogP contribution in [0, 0.1) is 5.82 Å². The third-order valence-corrected chi connectivity index (χ3v) is 4.10. The molecule has 5 nitrogen and oxygen atoms in total. The first kappa shape index (κ1) is 17.1. The van der Waals surface area contributed by atoms with Gasteiger partial charge in [0.05, 0.1) is 10.9 Å². The average molecular weight is 360 g/mol. The second kappa shape index (κ2) is 7.03. The zero-order valence-electron chi connectivity index (χ0n) is 13.4. The lowest BCUT2D eigenvalue weighted by molar-refractivity contribution is 0.0946. The number of halogens is 2. The molecule has 0 atom stereocenters. The minimum absolute atomic E-state index is 0.125. The molecular weight excluding hydrogens is 345 g/mol. The van der Waals surface area contributed by atoms with Gasteiger partial charge in [0.1, 0.15) is 5.82 Å². The van der Waals surface area contributed by atoms with Crippen molar-refractivity contribution in [3.63, 3.8) is 0 Å². The Balaban J connectivity index is 1.79. The van der Waals surface area contributed by atoms with Crippen molar-refractivity contribution >= 4 is 28.4 Å². The minimum atomic E-state index is -0.586. The van der Waals surface area contributed by atoms with E-state index < -0.39 is 17.2 Å². The maximum absolute atomic E-state index is 13.4. The summed E-state index contributed by atoms with van der Waals surface area (Å²) in [6.07, 6.45) is 0.589. The summed E-state index contributed by atoms with van der Waals surface area (Å²) < 4.78 is 14.8. The van der Waals surface area contributed by atoms with Gasteiger partial charge in [-0.3, -0.25) is 14.3 Å². The summed E-state index contributed by atoms with van der Waals surface area (Å²) in [5, 5.41) is 7.46. The lowest BCUT2D eigenvalue weighted by Crippen LogP contribution is -2.33. The normalized spacial score (nSPS) is 10.8. The Morgan fingerprint density at radius 3 is 2.68 bits per heavy atom. The molecule has 0 saturated heterocycles. The van der Waals surface area contributed by atoms with Crippen LogP contribution in [0.5, 0.6) is 0 Å². The van der Waals surface area contributed by atoms with E-state index in [-0.39, 0.29) is 11.1 Å². The molecule has 7 heteroatoms. The van der Waals surface area contributed by atoms with Crippen LogP contribution in [-0.4, -0.2) is 22.2 Å². The summed E-state index contributed by atoms with van der Waals surface area (Å²) in [6, 6.07) is 11.1. The molecular formula is C18H15ClFN3O2. The molecule has 0 bridgehead atoms. The van der Waals surface area contributed by atoms with Crippen molar-refractivity contribution in [2.24, 2.45) is 7.05 Å². The first-order chi connectivity index (χ1) is 12.0. The second-order valence-electron chi connectivity index (χ2n) is 5.60. The molecule has 25 heavy (non-hydrogen) atoms. The molecule has 1 aromatic heterocycles. The minimum Gasteiger partial charge on any atom is -0.350 e. The highest BCUT2D eigenvalue weighted by Crippen LogP contribution is 2.11. The molecule has 0 fully saturated rings. The smallest absolute Gasteiger partial charge is 0.275 e. The van der Waals surface area contributed by atoms with Gasteiger partial charge in [0.25, 0.3) is 5.91 Å². The molecule has 1 N–H and O–H groups in total. The van der Waals surface area contributed by atoms with E-state index in [0.717, 1.165) is 11.6 Å². The molecule has 128 valence electrons. The van der Waals surface area contributed by atoms with Gasteiger partial charge in [-0.15, -0.1) is 0 Å².